The summed E-state index contributed by atoms with van der Waals surface area (Å²) in [6.07, 6.45) is 2.92. The molecular formula is C23H25ClN2O3. The van der Waals surface area contributed by atoms with Crippen molar-refractivity contribution in [3.8, 4) is 0 Å². The molecule has 3 N–H and O–H groups in total. The topological polar surface area (TPSA) is 78.4 Å². The molecule has 0 saturated heterocycles. The zero-order valence-electron chi connectivity index (χ0n) is 16.3. The van der Waals surface area contributed by atoms with Crippen molar-refractivity contribution in [2.75, 3.05) is 5.32 Å². The van der Waals surface area contributed by atoms with Crippen LogP contribution in [0.4, 0.5) is 5.69 Å². The van der Waals surface area contributed by atoms with Crippen LogP contribution in [-0.4, -0.2) is 29.1 Å². The van der Waals surface area contributed by atoms with Gasteiger partial charge in [0.2, 0.25) is 0 Å². The summed E-state index contributed by atoms with van der Waals surface area (Å²) in [5, 5.41) is 16.6. The third kappa shape index (κ3) is 4.10. The first kappa shape index (κ1) is 19.8. The summed E-state index contributed by atoms with van der Waals surface area (Å²) in [5.74, 6) is 0.706. The molecule has 2 saturated carbocycles. The molecule has 6 heteroatoms. The zero-order chi connectivity index (χ0) is 20.5. The fourth-order valence-electron chi connectivity index (χ4n) is 4.95. The third-order valence-corrected chi connectivity index (χ3v) is 6.61. The van der Waals surface area contributed by atoms with Crippen molar-refractivity contribution in [3.63, 3.8) is 0 Å². The van der Waals surface area contributed by atoms with Gasteiger partial charge in [-0.15, -0.1) is 0 Å². The Kier molecular flexibility index (Phi) is 5.50. The second kappa shape index (κ2) is 8.07. The zero-order valence-corrected chi connectivity index (χ0v) is 17.0. The van der Waals surface area contributed by atoms with Crippen molar-refractivity contribution in [2.45, 2.75) is 38.3 Å². The van der Waals surface area contributed by atoms with Gasteiger partial charge in [0.25, 0.3) is 5.91 Å². The maximum absolute atomic E-state index is 12.6. The molecule has 0 spiro atoms. The number of anilines is 1. The standard InChI is InChI=1S/C23H25ClN2O3/c1-2-19(26-22(27)13-7-9-14(24)10-8-13)21-17-11-15(12-18(17)21)25-20-6-4-3-5-16(20)23(28)29/h3-10,15,17-19,21,25H,2,11-12H2,1H3,(H,26,27)(H,28,29)/t15-,17-,18+,19-,21+/m1/s1. The van der Waals surface area contributed by atoms with Gasteiger partial charge in [0.05, 0.1) is 5.56 Å². The first-order valence-electron chi connectivity index (χ1n) is 10.1. The number of benzene rings is 2. The van der Waals surface area contributed by atoms with Crippen LogP contribution in [0.3, 0.4) is 0 Å². The lowest BCUT2D eigenvalue weighted by Crippen LogP contribution is -2.38. The maximum atomic E-state index is 12.6. The van der Waals surface area contributed by atoms with Crippen LogP contribution in [0.1, 0.15) is 46.9 Å². The van der Waals surface area contributed by atoms with Crippen molar-refractivity contribution in [1.82, 2.24) is 5.32 Å². The van der Waals surface area contributed by atoms with Crippen LogP contribution in [0.5, 0.6) is 0 Å². The van der Waals surface area contributed by atoms with Crippen LogP contribution < -0.4 is 10.6 Å². The number of amides is 1. The Morgan fingerprint density at radius 3 is 2.38 bits per heavy atom. The number of nitrogens with one attached hydrogen (secondary N) is 2. The number of carboxylic acids is 1. The fourth-order valence-corrected chi connectivity index (χ4v) is 5.07. The van der Waals surface area contributed by atoms with E-state index in [0.29, 0.717) is 39.6 Å². The number of aromatic carboxylic acids is 1. The number of hydrogen-bond acceptors (Lipinski definition) is 3. The second-order valence-corrected chi connectivity index (χ2v) is 8.50. The summed E-state index contributed by atoms with van der Waals surface area (Å²) >= 11 is 5.90. The van der Waals surface area contributed by atoms with Crippen LogP contribution in [-0.2, 0) is 0 Å². The van der Waals surface area contributed by atoms with Gasteiger partial charge in [0.15, 0.2) is 0 Å². The van der Waals surface area contributed by atoms with Crippen LogP contribution in [0, 0.1) is 17.8 Å². The fraction of sp³-hybridized carbons (Fsp3) is 0.391. The van der Waals surface area contributed by atoms with Crippen molar-refractivity contribution >= 4 is 29.2 Å². The molecule has 5 atom stereocenters. The third-order valence-electron chi connectivity index (χ3n) is 6.36. The van der Waals surface area contributed by atoms with E-state index in [9.17, 15) is 14.7 Å². The van der Waals surface area contributed by atoms with Gasteiger partial charge < -0.3 is 15.7 Å². The lowest BCUT2D eigenvalue weighted by atomic mass is 9.98. The van der Waals surface area contributed by atoms with Gasteiger partial charge in [0.1, 0.15) is 0 Å². The Morgan fingerprint density at radius 1 is 1.10 bits per heavy atom. The van der Waals surface area contributed by atoms with E-state index in [1.165, 1.54) is 0 Å². The van der Waals surface area contributed by atoms with Crippen molar-refractivity contribution in [3.05, 3.63) is 64.7 Å². The highest BCUT2D eigenvalue weighted by atomic mass is 35.5. The average molecular weight is 413 g/mol. The molecule has 2 aromatic carbocycles. The van der Waals surface area contributed by atoms with Gasteiger partial charge in [-0.05, 0) is 73.4 Å². The number of halogens is 1. The molecule has 1 amide bonds. The lowest BCUT2D eigenvalue weighted by Gasteiger charge is -2.23. The van der Waals surface area contributed by atoms with E-state index < -0.39 is 5.97 Å². The van der Waals surface area contributed by atoms with E-state index in [0.717, 1.165) is 19.3 Å². The molecule has 2 aliphatic carbocycles. The molecule has 152 valence electrons. The van der Waals surface area contributed by atoms with E-state index in [-0.39, 0.29) is 18.0 Å². The van der Waals surface area contributed by atoms with Gasteiger partial charge in [-0.1, -0.05) is 30.7 Å². The van der Waals surface area contributed by atoms with Crippen molar-refractivity contribution in [1.29, 1.82) is 0 Å². The number of rotatable bonds is 7. The minimum atomic E-state index is -0.912. The molecule has 2 aliphatic rings. The number of para-hydroxylation sites is 1. The van der Waals surface area contributed by atoms with E-state index in [1.54, 1.807) is 36.4 Å². The van der Waals surface area contributed by atoms with Gasteiger partial charge in [-0.2, -0.15) is 0 Å². The molecule has 0 radical (unpaired) electrons. The van der Waals surface area contributed by atoms with Crippen molar-refractivity contribution < 1.29 is 14.7 Å². The smallest absolute Gasteiger partial charge is 0.337 e. The highest BCUT2D eigenvalue weighted by molar-refractivity contribution is 6.30. The predicted molar refractivity (Wildman–Crippen MR) is 114 cm³/mol. The quantitative estimate of drug-likeness (QED) is 0.616. The number of fused-ring (bicyclic) bond motifs is 1. The molecule has 4 rings (SSSR count). The highest BCUT2D eigenvalue weighted by Crippen LogP contribution is 2.59. The van der Waals surface area contributed by atoms with E-state index in [4.69, 9.17) is 11.6 Å². The molecule has 2 fully saturated rings. The van der Waals surface area contributed by atoms with E-state index in [2.05, 4.69) is 17.6 Å². The van der Waals surface area contributed by atoms with Gasteiger partial charge in [-0.25, -0.2) is 4.79 Å². The molecule has 0 aromatic heterocycles. The summed E-state index contributed by atoms with van der Waals surface area (Å²) in [4.78, 5) is 24.0. The van der Waals surface area contributed by atoms with Crippen LogP contribution in [0.2, 0.25) is 5.02 Å². The van der Waals surface area contributed by atoms with Gasteiger partial charge in [0, 0.05) is 28.4 Å². The predicted octanol–water partition coefficient (Wildman–Crippen LogP) is 4.68. The van der Waals surface area contributed by atoms with E-state index in [1.807, 2.05) is 12.1 Å². The number of carbonyl (C=O) groups excluding carboxylic acids is 1. The summed E-state index contributed by atoms with van der Waals surface area (Å²) in [6, 6.07) is 14.5. The summed E-state index contributed by atoms with van der Waals surface area (Å²) in [5.41, 5.74) is 1.63. The minimum Gasteiger partial charge on any atom is -0.478 e. The van der Waals surface area contributed by atoms with Crippen LogP contribution in [0.15, 0.2) is 48.5 Å². The molecule has 0 unspecified atom stereocenters. The molecule has 5 nitrogen and oxygen atoms in total. The Balaban J connectivity index is 1.34. The highest BCUT2D eigenvalue weighted by Gasteiger charge is 2.58. The number of hydrogen-bond donors (Lipinski definition) is 3. The molecule has 0 aliphatic heterocycles. The monoisotopic (exact) mass is 412 g/mol. The number of carbonyl (C=O) groups is 2. The van der Waals surface area contributed by atoms with E-state index >= 15 is 0 Å². The largest absolute Gasteiger partial charge is 0.478 e. The summed E-state index contributed by atoms with van der Waals surface area (Å²) in [6.45, 7) is 2.11. The maximum Gasteiger partial charge on any atom is 0.337 e. The Bertz CT molecular complexity index is 903. The molecule has 0 heterocycles. The molecule has 29 heavy (non-hydrogen) atoms. The van der Waals surface area contributed by atoms with Gasteiger partial charge >= 0.3 is 5.97 Å². The van der Waals surface area contributed by atoms with Gasteiger partial charge in [-0.3, -0.25) is 4.79 Å². The average Bonchev–Trinajstić information content (AvgIpc) is 3.20. The first-order chi connectivity index (χ1) is 14.0. The molecule has 2 aromatic rings. The summed E-state index contributed by atoms with van der Waals surface area (Å²) < 4.78 is 0. The Labute approximate surface area is 175 Å². The van der Waals surface area contributed by atoms with Crippen LogP contribution >= 0.6 is 11.6 Å². The molecular weight excluding hydrogens is 388 g/mol. The Morgan fingerprint density at radius 2 is 1.76 bits per heavy atom. The number of carboxylic acid groups (broad SMARTS) is 1. The lowest BCUT2D eigenvalue weighted by molar-refractivity contribution is 0.0697. The summed E-state index contributed by atoms with van der Waals surface area (Å²) in [7, 11) is 0. The van der Waals surface area contributed by atoms with Crippen LogP contribution in [0.25, 0.3) is 0 Å². The molecule has 0 bridgehead atoms. The SMILES string of the molecule is CC[C@@H](NC(=O)c1ccc(Cl)cc1)[C@H]1[C@@H]2C[C@@H](Nc3ccccc3C(=O)O)C[C@@H]21. The van der Waals surface area contributed by atoms with Crippen molar-refractivity contribution in [2.24, 2.45) is 17.8 Å². The first-order valence-corrected chi connectivity index (χ1v) is 10.5. The normalized spacial score (nSPS) is 25.7. The second-order valence-electron chi connectivity index (χ2n) is 8.06. The minimum absolute atomic E-state index is 0.0523. The Hall–Kier alpha value is -2.53.